The van der Waals surface area contributed by atoms with Gasteiger partial charge in [0.2, 0.25) is 0 Å². The second-order valence-corrected chi connectivity index (χ2v) is 3.59. The maximum absolute atomic E-state index is 12.4. The number of hydrogen-bond acceptors (Lipinski definition) is 1. The van der Waals surface area contributed by atoms with Gasteiger partial charge in [0.05, 0.1) is 17.4 Å². The van der Waals surface area contributed by atoms with Gasteiger partial charge in [0.25, 0.3) is 0 Å². The summed E-state index contributed by atoms with van der Waals surface area (Å²) in [6.45, 7) is -2.18. The van der Waals surface area contributed by atoms with Crippen molar-refractivity contribution in [3.05, 3.63) is 42.6 Å². The third-order valence-electron chi connectivity index (χ3n) is 2.36. The fourth-order valence-electron chi connectivity index (χ4n) is 1.46. The molecule has 0 bridgehead atoms. The van der Waals surface area contributed by atoms with Gasteiger partial charge in [-0.05, 0) is 12.1 Å². The summed E-state index contributed by atoms with van der Waals surface area (Å²) in [6, 6.07) is 7.05. The summed E-state index contributed by atoms with van der Waals surface area (Å²) in [4.78, 5) is 4.02. The molecule has 0 N–H and O–H groups in total. The zero-order valence-corrected chi connectivity index (χ0v) is 12.5. The number of para-hydroxylation sites is 2. The molecule has 0 saturated heterocycles. The SMILES string of the molecule is C=C(Cn1cnc2ccccc21)[B-](F)(F)F.[K+]. The molecule has 0 aliphatic heterocycles. The van der Waals surface area contributed by atoms with Crippen LogP contribution < -0.4 is 51.4 Å². The van der Waals surface area contributed by atoms with E-state index >= 15 is 0 Å². The Morgan fingerprint density at radius 2 is 1.94 bits per heavy atom. The topological polar surface area (TPSA) is 17.8 Å². The van der Waals surface area contributed by atoms with Crippen LogP contribution in [-0.4, -0.2) is 16.5 Å². The molecule has 0 atom stereocenters. The number of imidazole rings is 1. The van der Waals surface area contributed by atoms with Crippen LogP contribution in [0.2, 0.25) is 0 Å². The van der Waals surface area contributed by atoms with Crippen molar-refractivity contribution in [3.8, 4) is 0 Å². The minimum Gasteiger partial charge on any atom is -0.445 e. The summed E-state index contributed by atoms with van der Waals surface area (Å²) in [5, 5.41) is 0. The molecule has 0 fully saturated rings. The van der Waals surface area contributed by atoms with E-state index in [2.05, 4.69) is 11.6 Å². The summed E-state index contributed by atoms with van der Waals surface area (Å²) in [6.07, 6.45) is 1.40. The molecule has 2 rings (SSSR count). The van der Waals surface area contributed by atoms with Crippen LogP contribution in [0.15, 0.2) is 42.6 Å². The van der Waals surface area contributed by atoms with Gasteiger partial charge in [-0.1, -0.05) is 12.1 Å². The van der Waals surface area contributed by atoms with Crippen LogP contribution in [0.3, 0.4) is 0 Å². The number of fused-ring (bicyclic) bond motifs is 1. The fraction of sp³-hybridized carbons (Fsp3) is 0.100. The minimum atomic E-state index is -4.98. The fourth-order valence-corrected chi connectivity index (χ4v) is 1.46. The number of nitrogens with zero attached hydrogens (tertiary/aromatic N) is 2. The summed E-state index contributed by atoms with van der Waals surface area (Å²) in [5.41, 5.74) is 0.650. The number of allylic oxidation sites excluding steroid dienone is 1. The average molecular weight is 264 g/mol. The van der Waals surface area contributed by atoms with Gasteiger partial charge in [-0.15, -0.1) is 12.1 Å². The maximum Gasteiger partial charge on any atom is 1.00 e. The molecule has 0 aliphatic carbocycles. The van der Waals surface area contributed by atoms with Gasteiger partial charge in [0, 0.05) is 6.54 Å². The van der Waals surface area contributed by atoms with Crippen molar-refractivity contribution in [2.45, 2.75) is 6.54 Å². The van der Waals surface area contributed by atoms with Crippen molar-refractivity contribution in [2.24, 2.45) is 0 Å². The average Bonchev–Trinajstić information content (AvgIpc) is 2.61. The van der Waals surface area contributed by atoms with Crippen LogP contribution >= 0.6 is 0 Å². The van der Waals surface area contributed by atoms with E-state index in [0.29, 0.717) is 11.0 Å². The van der Waals surface area contributed by atoms with Crippen LogP contribution in [-0.2, 0) is 6.54 Å². The van der Waals surface area contributed by atoms with E-state index in [-0.39, 0.29) is 57.9 Å². The van der Waals surface area contributed by atoms with Gasteiger partial charge in [0.1, 0.15) is 0 Å². The van der Waals surface area contributed by atoms with Crippen LogP contribution in [0.25, 0.3) is 11.0 Å². The number of hydrogen-bond donors (Lipinski definition) is 0. The Kier molecular flexibility index (Phi) is 5.03. The standard InChI is InChI=1S/C10H9BF3N2.K/c1-8(11(12,13)14)6-16-7-15-9-4-2-3-5-10(9)16;/h2-5,7H,1,6H2;/q-1;+1. The van der Waals surface area contributed by atoms with Crippen molar-refractivity contribution < 1.29 is 64.3 Å². The second-order valence-electron chi connectivity index (χ2n) is 3.59. The molecular weight excluding hydrogens is 255 g/mol. The summed E-state index contributed by atoms with van der Waals surface area (Å²) in [5.74, 6) is 0. The first-order chi connectivity index (χ1) is 7.48. The number of halogens is 3. The zero-order chi connectivity index (χ0) is 11.8. The van der Waals surface area contributed by atoms with Crippen LogP contribution in [0.1, 0.15) is 0 Å². The molecule has 0 radical (unpaired) electrons. The molecule has 0 unspecified atom stereocenters. The van der Waals surface area contributed by atoms with E-state index < -0.39 is 12.4 Å². The smallest absolute Gasteiger partial charge is 0.445 e. The molecule has 0 saturated carbocycles. The Bertz CT molecular complexity index is 536. The Balaban J connectivity index is 0.00000144. The van der Waals surface area contributed by atoms with E-state index in [0.717, 1.165) is 0 Å². The Morgan fingerprint density at radius 1 is 1.29 bits per heavy atom. The molecule has 7 heteroatoms. The van der Waals surface area contributed by atoms with Gasteiger partial charge in [-0.25, -0.2) is 4.98 Å². The molecule has 2 aromatic rings. The van der Waals surface area contributed by atoms with Crippen molar-refractivity contribution in [3.63, 3.8) is 0 Å². The van der Waals surface area contributed by atoms with Gasteiger partial charge in [-0.2, -0.15) is 0 Å². The van der Waals surface area contributed by atoms with Crippen LogP contribution in [0.5, 0.6) is 0 Å². The predicted octanol–water partition coefficient (Wildman–Crippen LogP) is -0.0169. The van der Waals surface area contributed by atoms with Crippen LogP contribution in [0, 0.1) is 0 Å². The normalized spacial score (nSPS) is 11.2. The molecule has 84 valence electrons. The van der Waals surface area contributed by atoms with Crippen LogP contribution in [0.4, 0.5) is 12.9 Å². The third kappa shape index (κ3) is 3.45. The first-order valence-electron chi connectivity index (χ1n) is 4.76. The van der Waals surface area contributed by atoms with E-state index in [1.54, 1.807) is 24.3 Å². The summed E-state index contributed by atoms with van der Waals surface area (Å²) >= 11 is 0. The molecule has 17 heavy (non-hydrogen) atoms. The van der Waals surface area contributed by atoms with Gasteiger partial charge in [0.15, 0.2) is 0 Å². The van der Waals surface area contributed by atoms with E-state index in [9.17, 15) is 12.9 Å². The van der Waals surface area contributed by atoms with Gasteiger partial charge >= 0.3 is 58.4 Å². The Labute approximate surface area is 139 Å². The van der Waals surface area contributed by atoms with Crippen molar-refractivity contribution >= 4 is 18.0 Å². The van der Waals surface area contributed by atoms with Gasteiger partial charge in [-0.3, -0.25) is 0 Å². The molecule has 1 aromatic heterocycles. The van der Waals surface area contributed by atoms with E-state index in [1.165, 1.54) is 10.9 Å². The molecule has 2 nitrogen and oxygen atoms in total. The quantitative estimate of drug-likeness (QED) is 0.713. The summed E-state index contributed by atoms with van der Waals surface area (Å²) in [7, 11) is 0. The molecular formula is C10H9BF3KN2. The van der Waals surface area contributed by atoms with Crippen molar-refractivity contribution in [2.75, 3.05) is 0 Å². The van der Waals surface area contributed by atoms with E-state index in [1.807, 2.05) is 0 Å². The van der Waals surface area contributed by atoms with Gasteiger partial charge < -0.3 is 17.5 Å². The predicted molar refractivity (Wildman–Crippen MR) is 58.0 cm³/mol. The third-order valence-corrected chi connectivity index (χ3v) is 2.36. The van der Waals surface area contributed by atoms with E-state index in [4.69, 9.17) is 0 Å². The first-order valence-corrected chi connectivity index (χ1v) is 4.76. The molecule has 1 aromatic carbocycles. The summed E-state index contributed by atoms with van der Waals surface area (Å²) < 4.78 is 38.6. The number of aromatic nitrogens is 2. The number of benzene rings is 1. The van der Waals surface area contributed by atoms with Crippen molar-refractivity contribution in [1.82, 2.24) is 9.55 Å². The molecule has 0 aliphatic rings. The molecule has 1 heterocycles. The zero-order valence-electron chi connectivity index (χ0n) is 9.41. The number of rotatable bonds is 3. The largest absolute Gasteiger partial charge is 1.00 e. The first kappa shape index (κ1) is 15.0. The minimum absolute atomic E-state index is 0. The molecule has 0 spiro atoms. The monoisotopic (exact) mass is 264 g/mol. The van der Waals surface area contributed by atoms with Crippen molar-refractivity contribution in [1.29, 1.82) is 0 Å². The maximum atomic E-state index is 12.4. The molecule has 0 amide bonds. The second kappa shape index (κ2) is 5.71. The Morgan fingerprint density at radius 3 is 2.59 bits per heavy atom. The Hall–Kier alpha value is -0.0787.